The van der Waals surface area contributed by atoms with Gasteiger partial charge in [0.25, 0.3) is 0 Å². The van der Waals surface area contributed by atoms with E-state index in [-0.39, 0.29) is 11.7 Å². The Labute approximate surface area is 163 Å². The second-order valence-corrected chi connectivity index (χ2v) is 8.47. The van der Waals surface area contributed by atoms with Crippen molar-refractivity contribution in [2.45, 2.75) is 63.1 Å². The summed E-state index contributed by atoms with van der Waals surface area (Å²) in [7, 11) is 6.46. The lowest BCUT2D eigenvalue weighted by Gasteiger charge is -2.46. The number of carbonyl (C=O) groups is 1. The first-order valence-corrected chi connectivity index (χ1v) is 10.4. The molecule has 3 rings (SSSR count). The van der Waals surface area contributed by atoms with Gasteiger partial charge in [0.05, 0.1) is 6.42 Å². The highest BCUT2D eigenvalue weighted by atomic mass is 16.3. The molecule has 5 heteroatoms. The maximum Gasteiger partial charge on any atom is 0.227 e. The fraction of sp³-hybridized carbons (Fsp3) is 0.682. The fourth-order valence-corrected chi connectivity index (χ4v) is 4.79. The molecule has 0 spiro atoms. The van der Waals surface area contributed by atoms with E-state index in [9.17, 15) is 9.90 Å². The first-order valence-electron chi connectivity index (χ1n) is 10.4. The summed E-state index contributed by atoms with van der Waals surface area (Å²) in [5.74, 6) is 0.418. The number of piperidine rings is 1. The third-order valence-corrected chi connectivity index (χ3v) is 6.66. The van der Waals surface area contributed by atoms with Gasteiger partial charge >= 0.3 is 0 Å². The van der Waals surface area contributed by atoms with Gasteiger partial charge in [0.15, 0.2) is 0 Å². The van der Waals surface area contributed by atoms with E-state index in [0.717, 1.165) is 12.0 Å². The molecule has 1 amide bonds. The summed E-state index contributed by atoms with van der Waals surface area (Å²) in [6.45, 7) is 2.34. The van der Waals surface area contributed by atoms with Crippen LogP contribution in [0.3, 0.4) is 0 Å². The van der Waals surface area contributed by atoms with E-state index >= 15 is 0 Å². The average molecular weight is 374 g/mol. The first kappa shape index (κ1) is 20.2. The Morgan fingerprint density at radius 2 is 1.63 bits per heavy atom. The third-order valence-electron chi connectivity index (χ3n) is 6.66. The molecule has 0 radical (unpaired) electrons. The van der Waals surface area contributed by atoms with Crippen molar-refractivity contribution in [1.29, 1.82) is 0 Å². The molecule has 0 bridgehead atoms. The molecule has 1 aliphatic carbocycles. The molecule has 1 saturated carbocycles. The Morgan fingerprint density at radius 3 is 2.26 bits per heavy atom. The van der Waals surface area contributed by atoms with Gasteiger partial charge in [0.2, 0.25) is 5.91 Å². The lowest BCUT2D eigenvalue weighted by Crippen LogP contribution is -2.56. The van der Waals surface area contributed by atoms with E-state index in [4.69, 9.17) is 0 Å². The van der Waals surface area contributed by atoms with Gasteiger partial charge in [-0.3, -0.25) is 9.69 Å². The highest BCUT2D eigenvalue weighted by molar-refractivity contribution is 5.79. The van der Waals surface area contributed by atoms with Crippen LogP contribution in [0.5, 0.6) is 5.75 Å². The fourth-order valence-electron chi connectivity index (χ4n) is 4.79. The van der Waals surface area contributed by atoms with Crippen molar-refractivity contribution >= 4 is 5.91 Å². The number of hydrogen-bond acceptors (Lipinski definition) is 4. The summed E-state index contributed by atoms with van der Waals surface area (Å²) >= 11 is 0. The summed E-state index contributed by atoms with van der Waals surface area (Å²) in [6.07, 6.45) is 7.60. The Hall–Kier alpha value is -1.59. The zero-order valence-corrected chi connectivity index (χ0v) is 17.1. The molecule has 1 aromatic rings. The maximum atomic E-state index is 12.9. The van der Waals surface area contributed by atoms with Crippen molar-refractivity contribution < 1.29 is 9.90 Å². The second kappa shape index (κ2) is 9.07. The standard InChI is InChI=1S/C22H35N3O2/c1-23-14-12-18(13-15-23)24(2)20-6-4-5-7-21(20)25(3)22(27)16-17-8-10-19(26)11-9-17/h8-11,18,20-21,26H,4-7,12-16H2,1-3H3/t20-,21-/m0/s1. The summed E-state index contributed by atoms with van der Waals surface area (Å²) in [5, 5.41) is 9.44. The van der Waals surface area contributed by atoms with Gasteiger partial charge in [-0.1, -0.05) is 25.0 Å². The normalized spacial score (nSPS) is 24.9. The Bertz CT molecular complexity index is 610. The van der Waals surface area contributed by atoms with E-state index in [1.807, 2.05) is 24.1 Å². The molecule has 1 heterocycles. The third kappa shape index (κ3) is 5.02. The lowest BCUT2D eigenvalue weighted by molar-refractivity contribution is -0.133. The molecule has 1 N–H and O–H groups in total. The van der Waals surface area contributed by atoms with Gasteiger partial charge < -0.3 is 14.9 Å². The molecular formula is C22H35N3O2. The summed E-state index contributed by atoms with van der Waals surface area (Å²) in [5.41, 5.74) is 0.959. The van der Waals surface area contributed by atoms with Gasteiger partial charge in [-0.2, -0.15) is 0 Å². The van der Waals surface area contributed by atoms with Crippen LogP contribution < -0.4 is 0 Å². The maximum absolute atomic E-state index is 12.9. The summed E-state index contributed by atoms with van der Waals surface area (Å²) in [4.78, 5) is 19.9. The van der Waals surface area contributed by atoms with E-state index in [2.05, 4.69) is 23.9 Å². The molecule has 0 unspecified atom stereocenters. The minimum Gasteiger partial charge on any atom is -0.508 e. The number of likely N-dealkylation sites (N-methyl/N-ethyl adjacent to an activating group) is 2. The van der Waals surface area contributed by atoms with Crippen molar-refractivity contribution in [1.82, 2.24) is 14.7 Å². The Morgan fingerprint density at radius 1 is 1.04 bits per heavy atom. The molecule has 0 aromatic heterocycles. The smallest absolute Gasteiger partial charge is 0.227 e. The topological polar surface area (TPSA) is 47.0 Å². The average Bonchev–Trinajstić information content (AvgIpc) is 2.69. The van der Waals surface area contributed by atoms with Crippen LogP contribution in [-0.4, -0.2) is 78.1 Å². The van der Waals surface area contributed by atoms with E-state index in [1.165, 1.54) is 45.2 Å². The highest BCUT2D eigenvalue weighted by Gasteiger charge is 2.36. The van der Waals surface area contributed by atoms with E-state index in [0.29, 0.717) is 24.5 Å². The first-order chi connectivity index (χ1) is 13.0. The summed E-state index contributed by atoms with van der Waals surface area (Å²) in [6, 6.07) is 8.37. The van der Waals surface area contributed by atoms with Crippen LogP contribution in [0.1, 0.15) is 44.1 Å². The lowest BCUT2D eigenvalue weighted by atomic mass is 9.86. The highest BCUT2D eigenvalue weighted by Crippen LogP contribution is 2.29. The molecule has 150 valence electrons. The minimum absolute atomic E-state index is 0.175. The number of phenols is 1. The van der Waals surface area contributed by atoms with Crippen molar-refractivity contribution in [3.63, 3.8) is 0 Å². The van der Waals surface area contributed by atoms with Crippen LogP contribution in [0.4, 0.5) is 0 Å². The molecule has 2 atom stereocenters. The molecule has 2 fully saturated rings. The SMILES string of the molecule is CN1CCC(N(C)[C@H]2CCCC[C@@H]2N(C)C(=O)Cc2ccc(O)cc2)CC1. The van der Waals surface area contributed by atoms with Crippen LogP contribution in [0, 0.1) is 0 Å². The van der Waals surface area contributed by atoms with Gasteiger partial charge in [-0.05, 0) is 70.6 Å². The molecule has 27 heavy (non-hydrogen) atoms. The molecule has 5 nitrogen and oxygen atoms in total. The predicted molar refractivity (Wildman–Crippen MR) is 109 cm³/mol. The number of benzene rings is 1. The molecule has 1 aromatic carbocycles. The van der Waals surface area contributed by atoms with Gasteiger partial charge in [-0.25, -0.2) is 0 Å². The number of aromatic hydroxyl groups is 1. The molecule has 1 aliphatic heterocycles. The number of nitrogens with zero attached hydrogens (tertiary/aromatic N) is 3. The molecule has 2 aliphatic rings. The predicted octanol–water partition coefficient (Wildman–Crippen LogP) is 2.73. The van der Waals surface area contributed by atoms with Gasteiger partial charge in [-0.15, -0.1) is 0 Å². The van der Waals surface area contributed by atoms with Crippen LogP contribution in [-0.2, 0) is 11.2 Å². The Kier molecular flexibility index (Phi) is 6.77. The molecular weight excluding hydrogens is 338 g/mol. The van der Waals surface area contributed by atoms with Crippen LogP contribution in [0.2, 0.25) is 0 Å². The monoisotopic (exact) mass is 373 g/mol. The van der Waals surface area contributed by atoms with E-state index < -0.39 is 0 Å². The van der Waals surface area contributed by atoms with Crippen LogP contribution in [0.15, 0.2) is 24.3 Å². The number of rotatable bonds is 5. The van der Waals surface area contributed by atoms with E-state index in [1.54, 1.807) is 12.1 Å². The van der Waals surface area contributed by atoms with Crippen LogP contribution >= 0.6 is 0 Å². The zero-order valence-electron chi connectivity index (χ0n) is 17.1. The summed E-state index contributed by atoms with van der Waals surface area (Å²) < 4.78 is 0. The Balaban J connectivity index is 1.64. The number of phenolic OH excluding ortho intramolecular Hbond substituents is 1. The van der Waals surface area contributed by atoms with Crippen LogP contribution in [0.25, 0.3) is 0 Å². The largest absolute Gasteiger partial charge is 0.508 e. The molecule has 1 saturated heterocycles. The number of likely N-dealkylation sites (tertiary alicyclic amines) is 1. The van der Waals surface area contributed by atoms with Crippen molar-refractivity contribution in [3.05, 3.63) is 29.8 Å². The van der Waals surface area contributed by atoms with Crippen molar-refractivity contribution in [3.8, 4) is 5.75 Å². The van der Waals surface area contributed by atoms with Crippen molar-refractivity contribution in [2.75, 3.05) is 34.2 Å². The quantitative estimate of drug-likeness (QED) is 0.862. The van der Waals surface area contributed by atoms with Gasteiger partial charge in [0, 0.05) is 25.2 Å². The minimum atomic E-state index is 0.175. The zero-order chi connectivity index (χ0) is 19.4. The number of amides is 1. The van der Waals surface area contributed by atoms with Gasteiger partial charge in [0.1, 0.15) is 5.75 Å². The second-order valence-electron chi connectivity index (χ2n) is 8.47. The van der Waals surface area contributed by atoms with Crippen molar-refractivity contribution in [2.24, 2.45) is 0 Å². The number of hydrogen-bond donors (Lipinski definition) is 1. The number of carbonyl (C=O) groups excluding carboxylic acids is 1.